The van der Waals surface area contributed by atoms with Crippen molar-refractivity contribution in [3.05, 3.63) is 30.1 Å². The molecule has 128 valence electrons. The molecule has 0 bridgehead atoms. The fourth-order valence-electron chi connectivity index (χ4n) is 2.64. The molecule has 2 aliphatic heterocycles. The molecule has 0 aromatic heterocycles. The SMILES string of the molecule is O=C1N=CC(S(=O)(=O)N2CCN(c3ccc(F)cc3)CC2)C(=O)N1. The second kappa shape index (κ2) is 6.29. The predicted octanol–water partition coefficient (Wildman–Crippen LogP) is -0.0333. The number of nitrogens with one attached hydrogen (secondary N) is 1. The molecule has 0 saturated carbocycles. The van der Waals surface area contributed by atoms with Gasteiger partial charge in [-0.25, -0.2) is 22.6 Å². The van der Waals surface area contributed by atoms with Gasteiger partial charge in [0.25, 0.3) is 5.91 Å². The highest BCUT2D eigenvalue weighted by atomic mass is 32.2. The van der Waals surface area contributed by atoms with E-state index in [0.29, 0.717) is 13.1 Å². The van der Waals surface area contributed by atoms with Crippen molar-refractivity contribution in [2.75, 3.05) is 31.1 Å². The Morgan fingerprint density at radius 2 is 1.71 bits per heavy atom. The van der Waals surface area contributed by atoms with Crippen molar-refractivity contribution in [2.24, 2.45) is 4.99 Å². The number of urea groups is 1. The van der Waals surface area contributed by atoms with Crippen molar-refractivity contribution in [2.45, 2.75) is 5.25 Å². The topological polar surface area (TPSA) is 99.2 Å². The van der Waals surface area contributed by atoms with Gasteiger partial charge in [0.05, 0.1) is 0 Å². The molecule has 1 fully saturated rings. The molecule has 0 radical (unpaired) electrons. The van der Waals surface area contributed by atoms with Gasteiger partial charge >= 0.3 is 6.03 Å². The van der Waals surface area contributed by atoms with Gasteiger partial charge < -0.3 is 4.90 Å². The predicted molar refractivity (Wildman–Crippen MR) is 84.9 cm³/mol. The number of hydrogen-bond donors (Lipinski definition) is 1. The molecule has 3 rings (SSSR count). The van der Waals surface area contributed by atoms with Gasteiger partial charge in [0, 0.05) is 38.1 Å². The van der Waals surface area contributed by atoms with E-state index in [4.69, 9.17) is 0 Å². The Morgan fingerprint density at radius 1 is 1.08 bits per heavy atom. The smallest absolute Gasteiger partial charge is 0.347 e. The molecule has 3 amide bonds. The number of nitrogens with zero attached hydrogens (tertiary/aromatic N) is 3. The van der Waals surface area contributed by atoms with Crippen LogP contribution in [0.15, 0.2) is 29.3 Å². The summed E-state index contributed by atoms with van der Waals surface area (Å²) in [5.41, 5.74) is 0.802. The zero-order valence-electron chi connectivity index (χ0n) is 12.6. The van der Waals surface area contributed by atoms with Gasteiger partial charge in [0.2, 0.25) is 10.0 Å². The number of aliphatic imine (C=N–C) groups is 1. The minimum Gasteiger partial charge on any atom is -0.369 e. The van der Waals surface area contributed by atoms with Crippen molar-refractivity contribution >= 4 is 33.9 Å². The van der Waals surface area contributed by atoms with E-state index in [1.807, 2.05) is 10.2 Å². The van der Waals surface area contributed by atoms with Gasteiger partial charge in [0.1, 0.15) is 5.82 Å². The zero-order valence-corrected chi connectivity index (χ0v) is 13.4. The molecule has 1 N–H and O–H groups in total. The fourth-order valence-corrected chi connectivity index (χ4v) is 4.17. The highest BCUT2D eigenvalue weighted by Crippen LogP contribution is 2.19. The molecule has 1 unspecified atom stereocenters. The van der Waals surface area contributed by atoms with Crippen LogP contribution in [-0.4, -0.2) is 62.3 Å². The number of carbonyl (C=O) groups is 2. The summed E-state index contributed by atoms with van der Waals surface area (Å²) in [5.74, 6) is -1.23. The number of carbonyl (C=O) groups excluding carboxylic acids is 2. The summed E-state index contributed by atoms with van der Waals surface area (Å²) < 4.78 is 39.2. The normalized spacial score (nSPS) is 22.5. The lowest BCUT2D eigenvalue weighted by Crippen LogP contribution is -2.56. The van der Waals surface area contributed by atoms with E-state index in [9.17, 15) is 22.4 Å². The third-order valence-corrected chi connectivity index (χ3v) is 5.99. The van der Waals surface area contributed by atoms with Crippen LogP contribution in [0.4, 0.5) is 14.9 Å². The average molecular weight is 354 g/mol. The minimum atomic E-state index is -3.94. The average Bonchev–Trinajstić information content (AvgIpc) is 2.55. The molecular weight excluding hydrogens is 339 g/mol. The highest BCUT2D eigenvalue weighted by molar-refractivity contribution is 7.91. The van der Waals surface area contributed by atoms with Gasteiger partial charge in [-0.2, -0.15) is 4.31 Å². The van der Waals surface area contributed by atoms with E-state index in [0.717, 1.165) is 11.9 Å². The number of benzene rings is 1. The molecule has 10 heteroatoms. The Hall–Kier alpha value is -2.33. The van der Waals surface area contributed by atoms with Crippen LogP contribution in [0, 0.1) is 5.82 Å². The summed E-state index contributed by atoms with van der Waals surface area (Å²) in [7, 11) is -3.94. The maximum absolute atomic E-state index is 13.0. The van der Waals surface area contributed by atoms with E-state index < -0.39 is 27.2 Å². The largest absolute Gasteiger partial charge is 0.369 e. The van der Waals surface area contributed by atoms with Gasteiger partial charge in [-0.1, -0.05) is 0 Å². The van der Waals surface area contributed by atoms with Gasteiger partial charge in [0.15, 0.2) is 5.25 Å². The first-order valence-corrected chi connectivity index (χ1v) is 8.77. The monoisotopic (exact) mass is 354 g/mol. The van der Waals surface area contributed by atoms with E-state index >= 15 is 0 Å². The Kier molecular flexibility index (Phi) is 4.33. The van der Waals surface area contributed by atoms with Crippen LogP contribution in [0.25, 0.3) is 0 Å². The van der Waals surface area contributed by atoms with E-state index in [1.165, 1.54) is 16.4 Å². The number of imide groups is 1. The van der Waals surface area contributed by atoms with Crippen LogP contribution < -0.4 is 10.2 Å². The summed E-state index contributed by atoms with van der Waals surface area (Å²) >= 11 is 0. The van der Waals surface area contributed by atoms with Crippen molar-refractivity contribution in [1.29, 1.82) is 0 Å². The first-order chi connectivity index (χ1) is 11.4. The third kappa shape index (κ3) is 3.15. The van der Waals surface area contributed by atoms with E-state index in [2.05, 4.69) is 4.99 Å². The molecule has 0 aliphatic carbocycles. The van der Waals surface area contributed by atoms with Crippen molar-refractivity contribution in [3.8, 4) is 0 Å². The van der Waals surface area contributed by atoms with Gasteiger partial charge in [-0.3, -0.25) is 10.1 Å². The standard InChI is InChI=1S/C14H15FN4O4S/c15-10-1-3-11(4-2-10)18-5-7-19(8-6-18)24(22,23)12-9-16-14(21)17-13(12)20/h1-4,9,12H,5-8H2,(H,17,20,21). The molecule has 8 nitrogen and oxygen atoms in total. The first-order valence-electron chi connectivity index (χ1n) is 7.26. The Balaban J connectivity index is 1.69. The van der Waals surface area contributed by atoms with Crippen LogP contribution in [0.5, 0.6) is 0 Å². The van der Waals surface area contributed by atoms with Crippen LogP contribution in [0.3, 0.4) is 0 Å². The van der Waals surface area contributed by atoms with Gasteiger partial charge in [-0.15, -0.1) is 0 Å². The summed E-state index contributed by atoms with van der Waals surface area (Å²) in [4.78, 5) is 28.0. The van der Waals surface area contributed by atoms with Crippen LogP contribution in [-0.2, 0) is 14.8 Å². The van der Waals surface area contributed by atoms with Gasteiger partial charge in [-0.05, 0) is 24.3 Å². The maximum Gasteiger partial charge on any atom is 0.347 e. The molecular formula is C14H15FN4O4S. The molecule has 2 heterocycles. The molecule has 24 heavy (non-hydrogen) atoms. The lowest BCUT2D eigenvalue weighted by atomic mass is 10.2. The van der Waals surface area contributed by atoms with Crippen molar-refractivity contribution < 1.29 is 22.4 Å². The second-order valence-electron chi connectivity index (χ2n) is 5.40. The maximum atomic E-state index is 13.0. The zero-order chi connectivity index (χ0) is 17.3. The molecule has 1 saturated heterocycles. The number of hydrogen-bond acceptors (Lipinski definition) is 5. The summed E-state index contributed by atoms with van der Waals surface area (Å²) in [6.45, 7) is 1.20. The lowest BCUT2D eigenvalue weighted by molar-refractivity contribution is -0.118. The molecule has 1 atom stereocenters. The van der Waals surface area contributed by atoms with Crippen LogP contribution in [0.2, 0.25) is 0 Å². The molecule has 2 aliphatic rings. The highest BCUT2D eigenvalue weighted by Gasteiger charge is 2.40. The number of amides is 3. The van der Waals surface area contributed by atoms with E-state index in [1.54, 1.807) is 12.1 Å². The quantitative estimate of drug-likeness (QED) is 0.822. The minimum absolute atomic E-state index is 0.186. The molecule has 1 aromatic carbocycles. The lowest BCUT2D eigenvalue weighted by Gasteiger charge is -2.36. The molecule has 1 aromatic rings. The number of rotatable bonds is 3. The second-order valence-corrected chi connectivity index (χ2v) is 7.45. The van der Waals surface area contributed by atoms with Crippen molar-refractivity contribution in [3.63, 3.8) is 0 Å². The van der Waals surface area contributed by atoms with Crippen LogP contribution in [0.1, 0.15) is 0 Å². The number of piperazine rings is 1. The summed E-state index contributed by atoms with van der Waals surface area (Å²) in [5, 5.41) is 0.394. The Morgan fingerprint density at radius 3 is 2.29 bits per heavy atom. The third-order valence-electron chi connectivity index (χ3n) is 3.93. The number of anilines is 1. The summed E-state index contributed by atoms with van der Waals surface area (Å²) in [6, 6.07) is 5.09. The number of halogens is 1. The molecule has 0 spiro atoms. The summed E-state index contributed by atoms with van der Waals surface area (Å²) in [6.07, 6.45) is 0.864. The Bertz CT molecular complexity index is 785. The first kappa shape index (κ1) is 16.5. The Labute approximate surface area is 138 Å². The fraction of sp³-hybridized carbons (Fsp3) is 0.357. The van der Waals surface area contributed by atoms with Crippen LogP contribution >= 0.6 is 0 Å². The van der Waals surface area contributed by atoms with Crippen molar-refractivity contribution in [1.82, 2.24) is 9.62 Å². The number of sulfonamides is 1. The van der Waals surface area contributed by atoms with E-state index in [-0.39, 0.29) is 18.9 Å².